The van der Waals surface area contributed by atoms with Gasteiger partial charge in [-0.1, -0.05) is 12.1 Å². The summed E-state index contributed by atoms with van der Waals surface area (Å²) in [5.74, 6) is 1.84. The van der Waals surface area contributed by atoms with E-state index < -0.39 is 0 Å². The Morgan fingerprint density at radius 3 is 2.85 bits per heavy atom. The average molecular weight is 492 g/mol. The van der Waals surface area contributed by atoms with Gasteiger partial charge < -0.3 is 14.6 Å². The first kappa shape index (κ1) is 25.3. The predicted molar refractivity (Wildman–Crippen MR) is 134 cm³/mol. The van der Waals surface area contributed by atoms with Crippen LogP contribution in [0.25, 0.3) is 5.69 Å². The lowest BCUT2D eigenvalue weighted by atomic mass is 9.84. The number of aromatic nitrogens is 3. The van der Waals surface area contributed by atoms with E-state index in [2.05, 4.69) is 21.4 Å². The predicted octanol–water partition coefficient (Wildman–Crippen LogP) is 3.22. The van der Waals surface area contributed by atoms with Crippen LogP contribution in [0.1, 0.15) is 29.2 Å². The van der Waals surface area contributed by atoms with Crippen molar-refractivity contribution in [2.24, 2.45) is 5.92 Å². The van der Waals surface area contributed by atoms with E-state index >= 15 is 0 Å². The minimum Gasteiger partial charge on any atom is -0.497 e. The molecule has 33 heavy (non-hydrogen) atoms. The smallest absolute Gasteiger partial charge is 0.255 e. The molecule has 9 heteroatoms. The van der Waals surface area contributed by atoms with Crippen molar-refractivity contribution >= 4 is 24.8 Å². The second-order valence-corrected chi connectivity index (χ2v) is 8.82. The van der Waals surface area contributed by atoms with Crippen LogP contribution in [0.3, 0.4) is 0 Å². The number of rotatable bonds is 6. The van der Waals surface area contributed by atoms with E-state index in [0.29, 0.717) is 18.4 Å². The molecule has 1 aromatic carbocycles. The van der Waals surface area contributed by atoms with Crippen LogP contribution in [0.5, 0.6) is 5.75 Å². The Morgan fingerprint density at radius 1 is 1.18 bits per heavy atom. The molecule has 7 nitrogen and oxygen atoms in total. The van der Waals surface area contributed by atoms with Crippen LogP contribution in [-0.2, 0) is 19.6 Å². The fourth-order valence-electron chi connectivity index (χ4n) is 4.95. The number of nitrogens with zero attached hydrogens (tertiary/aromatic N) is 4. The Kier molecular flexibility index (Phi) is 8.23. The van der Waals surface area contributed by atoms with E-state index in [1.165, 1.54) is 12.1 Å². The van der Waals surface area contributed by atoms with Gasteiger partial charge in [-0.2, -0.15) is 5.10 Å². The molecule has 178 valence electrons. The maximum absolute atomic E-state index is 13.2. The molecular formula is C24H31Cl2N5O2. The summed E-state index contributed by atoms with van der Waals surface area (Å²) in [6, 6.07) is 12.0. The van der Waals surface area contributed by atoms with Gasteiger partial charge in [-0.25, -0.2) is 4.68 Å². The Hall–Kier alpha value is -2.32. The van der Waals surface area contributed by atoms with Crippen LogP contribution in [0.2, 0.25) is 0 Å². The summed E-state index contributed by atoms with van der Waals surface area (Å²) in [5, 5.41) is 8.00. The fourth-order valence-corrected chi connectivity index (χ4v) is 4.95. The van der Waals surface area contributed by atoms with Crippen molar-refractivity contribution in [1.82, 2.24) is 24.6 Å². The maximum Gasteiger partial charge on any atom is 0.255 e. The van der Waals surface area contributed by atoms with Gasteiger partial charge in [0.1, 0.15) is 5.75 Å². The number of fused-ring (bicyclic) bond motifs is 4. The first-order valence-electron chi connectivity index (χ1n) is 10.9. The summed E-state index contributed by atoms with van der Waals surface area (Å²) < 4.78 is 9.19. The topological polar surface area (TPSA) is 64.3 Å². The molecule has 0 unspecified atom stereocenters. The number of hydrogen-bond donors (Lipinski definition) is 1. The highest BCUT2D eigenvalue weighted by molar-refractivity contribution is 5.85. The number of benzene rings is 1. The highest BCUT2D eigenvalue weighted by Gasteiger charge is 2.31. The zero-order valence-corrected chi connectivity index (χ0v) is 20.6. The molecule has 0 radical (unpaired) electrons. The van der Waals surface area contributed by atoms with Crippen LogP contribution in [0.15, 0.2) is 53.6 Å². The number of methoxy groups -OCH3 is 1. The standard InChI is InChI=1S/C24H29N5O2.2ClH/c1-27(13-18-11-26-29(15-18)21-4-3-5-22(9-21)31-2)16-19-6-7-23-20-8-17(10-25-12-20)14-28(23)24(19)30;;/h3-7,9,11,15,17,20,25H,8,10,12-14,16H2,1-2H3;2*1H/t17-,20+;;/m0../s1. The third kappa shape index (κ3) is 5.27. The third-order valence-corrected chi connectivity index (χ3v) is 6.43. The summed E-state index contributed by atoms with van der Waals surface area (Å²) in [4.78, 5) is 15.3. The van der Waals surface area contributed by atoms with Crippen molar-refractivity contribution in [3.05, 3.63) is 76.0 Å². The van der Waals surface area contributed by atoms with Gasteiger partial charge in [0.05, 0.1) is 19.0 Å². The normalized spacial score (nSPS) is 18.8. The van der Waals surface area contributed by atoms with Gasteiger partial charge in [-0.05, 0) is 44.1 Å². The molecule has 0 spiro atoms. The van der Waals surface area contributed by atoms with E-state index in [0.717, 1.165) is 48.7 Å². The number of halogens is 2. The van der Waals surface area contributed by atoms with Gasteiger partial charge in [0.15, 0.2) is 0 Å². The monoisotopic (exact) mass is 491 g/mol. The summed E-state index contributed by atoms with van der Waals surface area (Å²) >= 11 is 0. The molecule has 2 aromatic heterocycles. The van der Waals surface area contributed by atoms with E-state index in [4.69, 9.17) is 4.74 Å². The molecule has 5 rings (SSSR count). The van der Waals surface area contributed by atoms with E-state index in [1.807, 2.05) is 59.0 Å². The molecule has 2 bridgehead atoms. The van der Waals surface area contributed by atoms with Crippen molar-refractivity contribution in [2.45, 2.75) is 32.0 Å². The van der Waals surface area contributed by atoms with Crippen molar-refractivity contribution in [1.29, 1.82) is 0 Å². The van der Waals surface area contributed by atoms with E-state index in [1.54, 1.807) is 7.11 Å². The van der Waals surface area contributed by atoms with Crippen molar-refractivity contribution in [3.63, 3.8) is 0 Å². The molecule has 0 aliphatic carbocycles. The lowest BCUT2D eigenvalue weighted by Gasteiger charge is -2.37. The average Bonchev–Trinajstić information content (AvgIpc) is 3.25. The molecule has 2 atom stereocenters. The van der Waals surface area contributed by atoms with Gasteiger partial charge in [0, 0.05) is 61.2 Å². The fraction of sp³-hybridized carbons (Fsp3) is 0.417. The highest BCUT2D eigenvalue weighted by Crippen LogP contribution is 2.31. The molecule has 1 N–H and O–H groups in total. The minimum atomic E-state index is 0. The molecule has 4 heterocycles. The van der Waals surface area contributed by atoms with Crippen molar-refractivity contribution in [2.75, 3.05) is 27.2 Å². The lowest BCUT2D eigenvalue weighted by molar-refractivity contribution is 0.254. The molecule has 3 aromatic rings. The summed E-state index contributed by atoms with van der Waals surface area (Å²) in [5.41, 5.74) is 4.29. The van der Waals surface area contributed by atoms with Crippen LogP contribution in [-0.4, -0.2) is 46.5 Å². The van der Waals surface area contributed by atoms with Crippen LogP contribution >= 0.6 is 24.8 Å². The summed E-state index contributed by atoms with van der Waals surface area (Å²) in [6.07, 6.45) is 5.10. The number of nitrogens with one attached hydrogen (secondary N) is 1. The van der Waals surface area contributed by atoms with Crippen molar-refractivity contribution in [3.8, 4) is 11.4 Å². The molecule has 2 aliphatic rings. The zero-order valence-electron chi connectivity index (χ0n) is 18.9. The Bertz CT molecular complexity index is 1150. The van der Waals surface area contributed by atoms with Gasteiger partial charge in [-0.3, -0.25) is 9.69 Å². The highest BCUT2D eigenvalue weighted by atomic mass is 35.5. The first-order valence-corrected chi connectivity index (χ1v) is 10.9. The van der Waals surface area contributed by atoms with E-state index in [-0.39, 0.29) is 30.4 Å². The first-order chi connectivity index (χ1) is 15.1. The van der Waals surface area contributed by atoms with Crippen LogP contribution < -0.4 is 15.6 Å². The molecular weight excluding hydrogens is 461 g/mol. The maximum atomic E-state index is 13.2. The quantitative estimate of drug-likeness (QED) is 0.573. The Labute approximate surface area is 206 Å². The largest absolute Gasteiger partial charge is 0.497 e. The second-order valence-electron chi connectivity index (χ2n) is 8.82. The molecule has 1 saturated heterocycles. The molecule has 0 amide bonds. The lowest BCUT2D eigenvalue weighted by Crippen LogP contribution is -2.45. The van der Waals surface area contributed by atoms with Crippen LogP contribution in [0.4, 0.5) is 0 Å². The number of hydrogen-bond acceptors (Lipinski definition) is 5. The summed E-state index contributed by atoms with van der Waals surface area (Å²) in [7, 11) is 3.71. The SMILES string of the molecule is COc1cccc(-n2cc(CN(C)Cc3ccc4n(c3=O)C[C@@H]3CNC[C@H]4C3)cn2)c1.Cl.Cl. The molecule has 1 fully saturated rings. The van der Waals surface area contributed by atoms with Gasteiger partial charge >= 0.3 is 0 Å². The third-order valence-electron chi connectivity index (χ3n) is 6.43. The molecule has 0 saturated carbocycles. The van der Waals surface area contributed by atoms with Gasteiger partial charge in [0.25, 0.3) is 5.56 Å². The van der Waals surface area contributed by atoms with Gasteiger partial charge in [-0.15, -0.1) is 24.8 Å². The summed E-state index contributed by atoms with van der Waals surface area (Å²) in [6.45, 7) is 4.18. The number of ether oxygens (including phenoxy) is 1. The second kappa shape index (κ2) is 10.7. The molecule has 2 aliphatic heterocycles. The number of piperidine rings is 1. The Morgan fingerprint density at radius 2 is 2.03 bits per heavy atom. The van der Waals surface area contributed by atoms with E-state index in [9.17, 15) is 4.79 Å². The minimum absolute atomic E-state index is 0. The zero-order chi connectivity index (χ0) is 21.4. The van der Waals surface area contributed by atoms with Gasteiger partial charge in [0.2, 0.25) is 0 Å². The van der Waals surface area contributed by atoms with Crippen LogP contribution in [0, 0.1) is 5.92 Å². The number of pyridine rings is 1. The Balaban J connectivity index is 0.00000153. The van der Waals surface area contributed by atoms with Crippen molar-refractivity contribution < 1.29 is 4.74 Å².